The van der Waals surface area contributed by atoms with Crippen molar-refractivity contribution in [1.82, 2.24) is 10.2 Å². The normalized spacial score (nSPS) is 24.0. The maximum absolute atomic E-state index is 13.0. The third-order valence-electron chi connectivity index (χ3n) is 7.17. The van der Waals surface area contributed by atoms with Crippen LogP contribution in [0.4, 0.5) is 4.79 Å². The number of carbonyl (C=O) groups is 3. The van der Waals surface area contributed by atoms with Gasteiger partial charge in [-0.1, -0.05) is 48.5 Å². The first-order valence-corrected chi connectivity index (χ1v) is 11.1. The molecule has 2 fully saturated rings. The first kappa shape index (κ1) is 20.5. The van der Waals surface area contributed by atoms with Crippen LogP contribution in [0.25, 0.3) is 11.1 Å². The zero-order valence-corrected chi connectivity index (χ0v) is 17.9. The molecule has 2 N–H and O–H groups in total. The summed E-state index contributed by atoms with van der Waals surface area (Å²) in [4.78, 5) is 38.7. The van der Waals surface area contributed by atoms with E-state index in [1.807, 2.05) is 36.4 Å². The van der Waals surface area contributed by atoms with E-state index < -0.39 is 23.6 Å². The molecule has 5 rings (SSSR count). The van der Waals surface area contributed by atoms with Crippen molar-refractivity contribution in [3.63, 3.8) is 0 Å². The number of carboxylic acid groups (broad SMARTS) is 1. The zero-order chi connectivity index (χ0) is 22.5. The number of nitrogens with zero attached hydrogens (tertiary/aromatic N) is 1. The van der Waals surface area contributed by atoms with Gasteiger partial charge < -0.3 is 20.1 Å². The SMILES string of the molecule is C[C@@H](NC(=O)OCC1c2ccccc2-c2ccccc21)C(=O)N1CCC[C@@H]2C[C@@]21C(=O)O. The molecule has 2 aromatic rings. The van der Waals surface area contributed by atoms with E-state index in [0.29, 0.717) is 13.0 Å². The summed E-state index contributed by atoms with van der Waals surface area (Å²) in [6, 6.07) is 15.3. The largest absolute Gasteiger partial charge is 0.479 e. The monoisotopic (exact) mass is 434 g/mol. The fourth-order valence-electron chi connectivity index (χ4n) is 5.48. The quantitative estimate of drug-likeness (QED) is 0.752. The number of aliphatic carboxylic acids is 1. The third-order valence-corrected chi connectivity index (χ3v) is 7.17. The van der Waals surface area contributed by atoms with E-state index in [2.05, 4.69) is 17.4 Å². The van der Waals surface area contributed by atoms with Gasteiger partial charge in [0, 0.05) is 12.5 Å². The van der Waals surface area contributed by atoms with Crippen molar-refractivity contribution in [1.29, 1.82) is 0 Å². The molecule has 0 radical (unpaired) electrons. The van der Waals surface area contributed by atoms with Crippen LogP contribution in [0.5, 0.6) is 0 Å². The van der Waals surface area contributed by atoms with Gasteiger partial charge in [-0.05, 0) is 54.4 Å². The average Bonchev–Trinajstić information content (AvgIpc) is 3.48. The van der Waals surface area contributed by atoms with E-state index in [-0.39, 0.29) is 24.3 Å². The van der Waals surface area contributed by atoms with Gasteiger partial charge in [-0.15, -0.1) is 0 Å². The van der Waals surface area contributed by atoms with Gasteiger partial charge in [-0.3, -0.25) is 4.79 Å². The molecule has 166 valence electrons. The highest BCUT2D eigenvalue weighted by Crippen LogP contribution is 2.54. The van der Waals surface area contributed by atoms with Crippen LogP contribution in [-0.2, 0) is 14.3 Å². The molecule has 7 nitrogen and oxygen atoms in total. The number of rotatable bonds is 5. The molecule has 0 aromatic heterocycles. The average molecular weight is 434 g/mol. The number of carbonyl (C=O) groups excluding carboxylic acids is 2. The molecule has 32 heavy (non-hydrogen) atoms. The van der Waals surface area contributed by atoms with Crippen LogP contribution in [0.15, 0.2) is 48.5 Å². The molecule has 0 bridgehead atoms. The van der Waals surface area contributed by atoms with Crippen LogP contribution in [0, 0.1) is 5.92 Å². The van der Waals surface area contributed by atoms with E-state index in [9.17, 15) is 19.5 Å². The summed E-state index contributed by atoms with van der Waals surface area (Å²) in [6.45, 7) is 2.13. The minimum Gasteiger partial charge on any atom is -0.479 e. The second-order valence-electron chi connectivity index (χ2n) is 8.95. The van der Waals surface area contributed by atoms with Gasteiger partial charge >= 0.3 is 12.1 Å². The number of carboxylic acids is 1. The molecule has 0 unspecified atom stereocenters. The fourth-order valence-corrected chi connectivity index (χ4v) is 5.48. The number of likely N-dealkylation sites (tertiary alicyclic amines) is 1. The highest BCUT2D eigenvalue weighted by atomic mass is 16.5. The van der Waals surface area contributed by atoms with Crippen LogP contribution in [-0.4, -0.2) is 52.7 Å². The summed E-state index contributed by atoms with van der Waals surface area (Å²) in [7, 11) is 0. The van der Waals surface area contributed by atoms with Gasteiger partial charge in [0.05, 0.1) is 0 Å². The third kappa shape index (κ3) is 3.15. The van der Waals surface area contributed by atoms with Gasteiger partial charge in [0.25, 0.3) is 0 Å². The van der Waals surface area contributed by atoms with Crippen LogP contribution in [0.1, 0.15) is 43.2 Å². The van der Waals surface area contributed by atoms with Gasteiger partial charge in [0.1, 0.15) is 18.2 Å². The Morgan fingerprint density at radius 1 is 1.12 bits per heavy atom. The molecular formula is C25H26N2O5. The molecule has 3 atom stereocenters. The van der Waals surface area contributed by atoms with Crippen LogP contribution in [0.3, 0.4) is 0 Å². The number of nitrogens with one attached hydrogen (secondary N) is 1. The maximum atomic E-state index is 13.0. The Hall–Kier alpha value is -3.35. The fraction of sp³-hybridized carbons (Fsp3) is 0.400. The molecule has 2 aromatic carbocycles. The van der Waals surface area contributed by atoms with E-state index in [0.717, 1.165) is 35.1 Å². The van der Waals surface area contributed by atoms with Crippen molar-refractivity contribution in [2.75, 3.05) is 13.2 Å². The molecule has 1 saturated heterocycles. The van der Waals surface area contributed by atoms with Crippen molar-refractivity contribution in [2.45, 2.75) is 43.7 Å². The molecule has 3 aliphatic rings. The Morgan fingerprint density at radius 3 is 2.38 bits per heavy atom. The lowest BCUT2D eigenvalue weighted by atomic mass is 9.98. The smallest absolute Gasteiger partial charge is 0.407 e. The van der Waals surface area contributed by atoms with Gasteiger partial charge in [0.2, 0.25) is 5.91 Å². The number of ether oxygens (including phenoxy) is 1. The van der Waals surface area contributed by atoms with Crippen LogP contribution < -0.4 is 5.32 Å². The van der Waals surface area contributed by atoms with Gasteiger partial charge in [-0.25, -0.2) is 9.59 Å². The Kier molecular flexibility index (Phi) is 4.92. The van der Waals surface area contributed by atoms with Crippen molar-refractivity contribution < 1.29 is 24.2 Å². The van der Waals surface area contributed by atoms with Gasteiger partial charge in [-0.2, -0.15) is 0 Å². The van der Waals surface area contributed by atoms with E-state index in [1.165, 1.54) is 4.90 Å². The first-order valence-electron chi connectivity index (χ1n) is 11.1. The number of alkyl carbamates (subject to hydrolysis) is 1. The topological polar surface area (TPSA) is 95.9 Å². The summed E-state index contributed by atoms with van der Waals surface area (Å²) < 4.78 is 5.52. The van der Waals surface area contributed by atoms with Crippen molar-refractivity contribution in [2.24, 2.45) is 5.92 Å². The summed E-state index contributed by atoms with van der Waals surface area (Å²) >= 11 is 0. The predicted octanol–water partition coefficient (Wildman–Crippen LogP) is 3.38. The van der Waals surface area contributed by atoms with Crippen molar-refractivity contribution in [3.05, 3.63) is 59.7 Å². The molecular weight excluding hydrogens is 408 g/mol. The van der Waals surface area contributed by atoms with E-state index >= 15 is 0 Å². The number of hydrogen-bond donors (Lipinski definition) is 2. The molecule has 0 spiro atoms. The first-order chi connectivity index (χ1) is 15.4. The van der Waals surface area contributed by atoms with Crippen molar-refractivity contribution >= 4 is 18.0 Å². The zero-order valence-electron chi connectivity index (χ0n) is 17.9. The second-order valence-corrected chi connectivity index (χ2v) is 8.95. The highest BCUT2D eigenvalue weighted by molar-refractivity contribution is 5.93. The Bertz CT molecular complexity index is 1050. The van der Waals surface area contributed by atoms with E-state index in [1.54, 1.807) is 6.92 Å². The van der Waals surface area contributed by atoms with Crippen LogP contribution in [0.2, 0.25) is 0 Å². The van der Waals surface area contributed by atoms with E-state index in [4.69, 9.17) is 4.74 Å². The number of benzene rings is 2. The summed E-state index contributed by atoms with van der Waals surface area (Å²) in [5.41, 5.74) is 3.42. The number of fused-ring (bicyclic) bond motifs is 4. The molecule has 1 aliphatic heterocycles. The molecule has 2 amide bonds. The Morgan fingerprint density at radius 2 is 1.75 bits per heavy atom. The Labute approximate surface area is 186 Å². The lowest BCUT2D eigenvalue weighted by molar-refractivity contribution is -0.155. The lowest BCUT2D eigenvalue weighted by Crippen LogP contribution is -2.56. The summed E-state index contributed by atoms with van der Waals surface area (Å²) in [5.74, 6) is -1.38. The Balaban J connectivity index is 1.23. The standard InChI is InChI=1S/C25H26N2O5/c1-15(22(28)27-12-6-7-16-13-25(16,27)23(29)30)26-24(31)32-14-21-19-10-4-2-8-17(19)18-9-3-5-11-20(18)21/h2-5,8-11,15-16,21H,6-7,12-14H2,1H3,(H,26,31)(H,29,30)/t15-,16-,25+/m1/s1. The van der Waals surface area contributed by atoms with Crippen molar-refractivity contribution in [3.8, 4) is 11.1 Å². The minimum atomic E-state index is -1.09. The number of piperidine rings is 1. The number of amides is 2. The maximum Gasteiger partial charge on any atom is 0.407 e. The van der Waals surface area contributed by atoms with Gasteiger partial charge in [0.15, 0.2) is 0 Å². The molecule has 1 saturated carbocycles. The van der Waals surface area contributed by atoms with Crippen LogP contribution >= 0.6 is 0 Å². The summed E-state index contributed by atoms with van der Waals surface area (Å²) in [5, 5.41) is 12.3. The highest BCUT2D eigenvalue weighted by Gasteiger charge is 2.67. The summed E-state index contributed by atoms with van der Waals surface area (Å²) in [6.07, 6.45) is 1.42. The lowest BCUT2D eigenvalue weighted by Gasteiger charge is -2.35. The molecule has 2 aliphatic carbocycles. The number of hydrogen-bond acceptors (Lipinski definition) is 4. The molecule has 1 heterocycles. The minimum absolute atomic E-state index is 0.0133. The predicted molar refractivity (Wildman–Crippen MR) is 117 cm³/mol. The molecule has 7 heteroatoms. The second kappa shape index (κ2) is 7.65.